The quantitative estimate of drug-likeness (QED) is 0.422. The van der Waals surface area contributed by atoms with Crippen LogP contribution in [0.25, 0.3) is 16.8 Å². The molecule has 1 aromatic heterocycles. The third-order valence-corrected chi connectivity index (χ3v) is 5.39. The monoisotopic (exact) mass is 383 g/mol. The number of aromatic nitrogens is 2. The van der Waals surface area contributed by atoms with E-state index in [1.807, 2.05) is 18.5 Å². The zero-order valence-corrected chi connectivity index (χ0v) is 16.0. The molecule has 3 nitrogen and oxygen atoms in total. The Morgan fingerprint density at radius 2 is 1.54 bits per heavy atom. The number of imidazole rings is 1. The molecule has 136 valence electrons. The van der Waals surface area contributed by atoms with E-state index in [2.05, 4.69) is 76.3 Å². The Bertz CT molecular complexity index is 1160. The van der Waals surface area contributed by atoms with Gasteiger partial charge in [0.05, 0.1) is 41.5 Å². The summed E-state index contributed by atoms with van der Waals surface area (Å²) in [7, 11) is 0. The van der Waals surface area contributed by atoms with Crippen molar-refractivity contribution in [3.63, 3.8) is 0 Å². The molecule has 2 heterocycles. The van der Waals surface area contributed by atoms with E-state index in [1.54, 1.807) is 0 Å². The standard InChI is InChI=1S/C24H18ClN3/c25-14-21-23-15-26-24(18-9-5-2-6-10-18)20-13-19(17-7-3-1-4-8-17)11-12-22(20)28(23)16-27-21/h1-13,16H,14-15H2. The molecular weight excluding hydrogens is 366 g/mol. The van der Waals surface area contributed by atoms with E-state index in [1.165, 1.54) is 11.1 Å². The van der Waals surface area contributed by atoms with Crippen LogP contribution in [0.3, 0.4) is 0 Å². The van der Waals surface area contributed by atoms with Crippen molar-refractivity contribution in [1.82, 2.24) is 9.55 Å². The van der Waals surface area contributed by atoms with Crippen LogP contribution in [-0.4, -0.2) is 15.3 Å². The third-order valence-electron chi connectivity index (χ3n) is 5.13. The highest BCUT2D eigenvalue weighted by molar-refractivity contribution is 6.17. The van der Waals surface area contributed by atoms with Gasteiger partial charge in [-0.15, -0.1) is 11.6 Å². The molecule has 0 amide bonds. The zero-order valence-electron chi connectivity index (χ0n) is 15.2. The summed E-state index contributed by atoms with van der Waals surface area (Å²) in [6, 6.07) is 27.3. The molecule has 0 N–H and O–H groups in total. The number of hydrogen-bond acceptors (Lipinski definition) is 2. The third kappa shape index (κ3) is 2.85. The zero-order chi connectivity index (χ0) is 18.9. The van der Waals surface area contributed by atoms with Gasteiger partial charge in [0.1, 0.15) is 0 Å². The van der Waals surface area contributed by atoms with Gasteiger partial charge >= 0.3 is 0 Å². The first-order valence-electron chi connectivity index (χ1n) is 9.26. The van der Waals surface area contributed by atoms with Crippen molar-refractivity contribution in [1.29, 1.82) is 0 Å². The molecule has 4 aromatic rings. The van der Waals surface area contributed by atoms with Crippen LogP contribution in [-0.2, 0) is 12.4 Å². The number of rotatable bonds is 3. The van der Waals surface area contributed by atoms with Gasteiger partial charge in [-0.25, -0.2) is 4.98 Å². The second-order valence-corrected chi connectivity index (χ2v) is 7.04. The van der Waals surface area contributed by atoms with E-state index in [-0.39, 0.29) is 0 Å². The van der Waals surface area contributed by atoms with Gasteiger partial charge in [0.25, 0.3) is 0 Å². The Hall–Kier alpha value is -3.17. The van der Waals surface area contributed by atoms with E-state index in [4.69, 9.17) is 16.6 Å². The predicted octanol–water partition coefficient (Wildman–Crippen LogP) is 5.63. The van der Waals surface area contributed by atoms with Gasteiger partial charge in [-0.3, -0.25) is 4.99 Å². The molecule has 1 aliphatic heterocycles. The highest BCUT2D eigenvalue weighted by Gasteiger charge is 2.21. The topological polar surface area (TPSA) is 30.2 Å². The Morgan fingerprint density at radius 3 is 2.25 bits per heavy atom. The molecule has 0 aliphatic carbocycles. The summed E-state index contributed by atoms with van der Waals surface area (Å²) in [6.07, 6.45) is 1.86. The van der Waals surface area contributed by atoms with Crippen LogP contribution in [0.2, 0.25) is 0 Å². The lowest BCUT2D eigenvalue weighted by atomic mass is 9.96. The maximum absolute atomic E-state index is 6.12. The number of nitrogens with zero attached hydrogens (tertiary/aromatic N) is 3. The molecule has 1 aliphatic rings. The SMILES string of the molecule is ClCc1ncn2c1CN=C(c1ccccc1)c1cc(-c3ccccc3)ccc1-2. The molecule has 0 atom stereocenters. The Morgan fingerprint density at radius 1 is 0.821 bits per heavy atom. The summed E-state index contributed by atoms with van der Waals surface area (Å²) in [6.45, 7) is 0.557. The number of fused-ring (bicyclic) bond motifs is 3. The normalized spacial score (nSPS) is 12.7. The van der Waals surface area contributed by atoms with Crippen molar-refractivity contribution in [3.05, 3.63) is 108 Å². The minimum Gasteiger partial charge on any atom is -0.300 e. The lowest BCUT2D eigenvalue weighted by molar-refractivity contribution is 0.912. The molecule has 0 unspecified atom stereocenters. The van der Waals surface area contributed by atoms with Crippen LogP contribution in [0, 0.1) is 0 Å². The number of aliphatic imine (C=N–C) groups is 1. The number of halogens is 1. The Balaban J connectivity index is 1.76. The lowest BCUT2D eigenvalue weighted by Gasteiger charge is -2.14. The summed E-state index contributed by atoms with van der Waals surface area (Å²) >= 11 is 6.12. The van der Waals surface area contributed by atoms with Crippen LogP contribution in [0.1, 0.15) is 22.5 Å². The van der Waals surface area contributed by atoms with Gasteiger partial charge < -0.3 is 4.57 Å². The molecule has 0 spiro atoms. The molecule has 3 aromatic carbocycles. The van der Waals surface area contributed by atoms with Gasteiger partial charge in [-0.1, -0.05) is 66.7 Å². The van der Waals surface area contributed by atoms with Gasteiger partial charge in [0, 0.05) is 11.1 Å². The smallest absolute Gasteiger partial charge is 0.0999 e. The fourth-order valence-corrected chi connectivity index (χ4v) is 3.95. The van der Waals surface area contributed by atoms with E-state index < -0.39 is 0 Å². The fourth-order valence-electron chi connectivity index (χ4n) is 3.73. The number of benzene rings is 3. The van der Waals surface area contributed by atoms with E-state index in [9.17, 15) is 0 Å². The van der Waals surface area contributed by atoms with Crippen molar-refractivity contribution in [2.24, 2.45) is 4.99 Å². The van der Waals surface area contributed by atoms with Gasteiger partial charge in [-0.05, 0) is 23.3 Å². The first-order valence-corrected chi connectivity index (χ1v) is 9.80. The highest BCUT2D eigenvalue weighted by atomic mass is 35.5. The second kappa shape index (κ2) is 7.10. The molecule has 0 saturated carbocycles. The molecule has 0 bridgehead atoms. The maximum Gasteiger partial charge on any atom is 0.0999 e. The summed E-state index contributed by atoms with van der Waals surface area (Å²) in [5, 5.41) is 0. The minimum atomic E-state index is 0.385. The molecule has 0 fully saturated rings. The summed E-state index contributed by atoms with van der Waals surface area (Å²) < 4.78 is 2.13. The molecule has 4 heteroatoms. The largest absolute Gasteiger partial charge is 0.300 e. The maximum atomic E-state index is 6.12. The van der Waals surface area contributed by atoms with Gasteiger partial charge in [-0.2, -0.15) is 0 Å². The molecule has 0 radical (unpaired) electrons. The summed E-state index contributed by atoms with van der Waals surface area (Å²) in [5.41, 5.74) is 8.59. The van der Waals surface area contributed by atoms with Crippen LogP contribution < -0.4 is 0 Å². The number of alkyl halides is 1. The van der Waals surface area contributed by atoms with Crippen LogP contribution in [0.4, 0.5) is 0 Å². The van der Waals surface area contributed by atoms with Gasteiger partial charge in [0.15, 0.2) is 0 Å². The van der Waals surface area contributed by atoms with E-state index in [0.717, 1.165) is 33.9 Å². The average Bonchev–Trinajstić information content (AvgIpc) is 3.10. The minimum absolute atomic E-state index is 0.385. The van der Waals surface area contributed by atoms with Crippen molar-refractivity contribution in [2.75, 3.05) is 0 Å². The average molecular weight is 384 g/mol. The van der Waals surface area contributed by atoms with Crippen molar-refractivity contribution in [2.45, 2.75) is 12.4 Å². The lowest BCUT2D eigenvalue weighted by Crippen LogP contribution is -2.07. The highest BCUT2D eigenvalue weighted by Crippen LogP contribution is 2.31. The van der Waals surface area contributed by atoms with E-state index in [0.29, 0.717) is 12.4 Å². The summed E-state index contributed by atoms with van der Waals surface area (Å²) in [5.74, 6) is 0.385. The second-order valence-electron chi connectivity index (χ2n) is 6.77. The molecule has 28 heavy (non-hydrogen) atoms. The van der Waals surface area contributed by atoms with Crippen molar-refractivity contribution < 1.29 is 0 Å². The fraction of sp³-hybridized carbons (Fsp3) is 0.0833. The van der Waals surface area contributed by atoms with Crippen LogP contribution in [0.15, 0.2) is 90.2 Å². The van der Waals surface area contributed by atoms with Crippen molar-refractivity contribution >= 4 is 17.3 Å². The van der Waals surface area contributed by atoms with Gasteiger partial charge in [0.2, 0.25) is 0 Å². The predicted molar refractivity (Wildman–Crippen MR) is 114 cm³/mol. The van der Waals surface area contributed by atoms with E-state index >= 15 is 0 Å². The molecular formula is C24H18ClN3. The number of hydrogen-bond donors (Lipinski definition) is 0. The van der Waals surface area contributed by atoms with Crippen LogP contribution >= 0.6 is 11.6 Å². The first kappa shape index (κ1) is 17.0. The molecule has 0 saturated heterocycles. The Kier molecular flexibility index (Phi) is 4.30. The van der Waals surface area contributed by atoms with Crippen LogP contribution in [0.5, 0.6) is 0 Å². The Labute approximate surface area is 169 Å². The first-order chi connectivity index (χ1) is 13.8. The molecule has 5 rings (SSSR count). The van der Waals surface area contributed by atoms with Crippen molar-refractivity contribution in [3.8, 4) is 16.8 Å². The summed E-state index contributed by atoms with van der Waals surface area (Å²) in [4.78, 5) is 9.49.